The van der Waals surface area contributed by atoms with Crippen LogP contribution in [0.2, 0.25) is 0 Å². The molecule has 1 aliphatic heterocycles. The fourth-order valence-electron chi connectivity index (χ4n) is 3.84. The summed E-state index contributed by atoms with van der Waals surface area (Å²) in [5, 5.41) is 0.436. The van der Waals surface area contributed by atoms with Crippen molar-refractivity contribution in [3.05, 3.63) is 40.4 Å². The number of carbonyl (C=O) groups is 1. The number of hydrogen-bond acceptors (Lipinski definition) is 3. The van der Waals surface area contributed by atoms with Crippen LogP contribution >= 0.6 is 0 Å². The van der Waals surface area contributed by atoms with E-state index in [1.165, 1.54) is 12.1 Å². The van der Waals surface area contributed by atoms with Gasteiger partial charge in [-0.05, 0) is 31.9 Å². The minimum atomic E-state index is -0.373. The van der Waals surface area contributed by atoms with Crippen LogP contribution in [0, 0.1) is 5.82 Å². The summed E-state index contributed by atoms with van der Waals surface area (Å²) in [4.78, 5) is 27.6. The number of nitrogens with zero attached hydrogens (tertiary/aromatic N) is 3. The smallest absolute Gasteiger partial charge is 0.219 e. The normalized spacial score (nSPS) is 21.0. The highest BCUT2D eigenvalue weighted by Gasteiger charge is 2.28. The van der Waals surface area contributed by atoms with E-state index in [4.69, 9.17) is 0 Å². The molecule has 1 saturated heterocycles. The highest BCUT2D eigenvalue weighted by Crippen LogP contribution is 2.37. The van der Waals surface area contributed by atoms with E-state index in [0.29, 0.717) is 36.7 Å². The SMILES string of the molecule is CC(=O)N1CCN(c2cc3c(cc2F)c(=O)ccn3C2CC2)CC1C. The number of halogens is 1. The number of anilines is 1. The average molecular weight is 343 g/mol. The lowest BCUT2D eigenvalue weighted by Crippen LogP contribution is -2.53. The van der Waals surface area contributed by atoms with Gasteiger partial charge in [0.25, 0.3) is 0 Å². The van der Waals surface area contributed by atoms with Crippen LogP contribution in [0.15, 0.2) is 29.2 Å². The molecule has 0 bridgehead atoms. The van der Waals surface area contributed by atoms with Crippen LogP contribution in [0.4, 0.5) is 10.1 Å². The molecule has 2 aliphatic rings. The number of amides is 1. The van der Waals surface area contributed by atoms with Crippen LogP contribution in [0.25, 0.3) is 10.9 Å². The third kappa shape index (κ3) is 2.79. The Morgan fingerprint density at radius 2 is 2.00 bits per heavy atom. The molecule has 1 amide bonds. The largest absolute Gasteiger partial charge is 0.365 e. The van der Waals surface area contributed by atoms with Crippen molar-refractivity contribution in [3.8, 4) is 0 Å². The zero-order valence-corrected chi connectivity index (χ0v) is 14.5. The molecule has 1 aromatic carbocycles. The fraction of sp³-hybridized carbons (Fsp3) is 0.474. The van der Waals surface area contributed by atoms with Gasteiger partial charge in [-0.1, -0.05) is 0 Å². The molecule has 4 rings (SSSR count). The summed E-state index contributed by atoms with van der Waals surface area (Å²) in [6, 6.07) is 5.14. The first kappa shape index (κ1) is 16.1. The first-order chi connectivity index (χ1) is 12.0. The topological polar surface area (TPSA) is 45.6 Å². The van der Waals surface area contributed by atoms with Crippen molar-refractivity contribution in [2.45, 2.75) is 38.8 Å². The number of piperazine rings is 1. The minimum absolute atomic E-state index is 0.0303. The first-order valence-corrected chi connectivity index (χ1v) is 8.82. The third-order valence-corrected chi connectivity index (χ3v) is 5.31. The standard InChI is InChI=1S/C19H22FN3O2/c1-12-11-21(7-8-22(12)13(2)24)18-10-17-15(9-16(18)20)19(25)5-6-23(17)14-3-4-14/h5-6,9-10,12,14H,3-4,7-8,11H2,1-2H3. The van der Waals surface area contributed by atoms with Gasteiger partial charge in [-0.15, -0.1) is 0 Å². The average Bonchev–Trinajstić information content (AvgIpc) is 3.39. The number of aromatic nitrogens is 1. The zero-order chi connectivity index (χ0) is 17.7. The Hall–Kier alpha value is -2.37. The molecule has 2 fully saturated rings. The molecule has 2 heterocycles. The number of fused-ring (bicyclic) bond motifs is 1. The molecule has 1 atom stereocenters. The highest BCUT2D eigenvalue weighted by molar-refractivity contribution is 5.83. The molecule has 0 N–H and O–H groups in total. The summed E-state index contributed by atoms with van der Waals surface area (Å²) in [5.41, 5.74) is 1.17. The van der Waals surface area contributed by atoms with Gasteiger partial charge < -0.3 is 14.4 Å². The molecule has 1 aromatic heterocycles. The minimum Gasteiger partial charge on any atom is -0.365 e. The maximum absolute atomic E-state index is 14.7. The Kier molecular flexibility index (Phi) is 3.78. The van der Waals surface area contributed by atoms with Crippen LogP contribution in [0.3, 0.4) is 0 Å². The van der Waals surface area contributed by atoms with Crippen LogP contribution in [-0.2, 0) is 4.79 Å². The fourth-order valence-corrected chi connectivity index (χ4v) is 3.84. The number of hydrogen-bond donors (Lipinski definition) is 0. The maximum atomic E-state index is 14.7. The molecular weight excluding hydrogens is 321 g/mol. The Bertz CT molecular complexity index is 903. The monoisotopic (exact) mass is 343 g/mol. The van der Waals surface area contributed by atoms with E-state index in [0.717, 1.165) is 18.4 Å². The Balaban J connectivity index is 1.75. The Labute approximate surface area is 145 Å². The van der Waals surface area contributed by atoms with Crippen molar-refractivity contribution < 1.29 is 9.18 Å². The van der Waals surface area contributed by atoms with Gasteiger partial charge in [0.1, 0.15) is 5.82 Å². The number of pyridine rings is 1. The maximum Gasteiger partial charge on any atom is 0.219 e. The van der Waals surface area contributed by atoms with Gasteiger partial charge >= 0.3 is 0 Å². The molecule has 1 saturated carbocycles. The van der Waals surface area contributed by atoms with E-state index in [-0.39, 0.29) is 23.2 Å². The second-order valence-corrected chi connectivity index (χ2v) is 7.15. The van der Waals surface area contributed by atoms with Gasteiger partial charge in [0.2, 0.25) is 5.91 Å². The summed E-state index contributed by atoms with van der Waals surface area (Å²) in [6.45, 7) is 5.30. The summed E-state index contributed by atoms with van der Waals surface area (Å²) in [7, 11) is 0. The third-order valence-electron chi connectivity index (χ3n) is 5.31. The number of rotatable bonds is 2. The second kappa shape index (κ2) is 5.86. The highest BCUT2D eigenvalue weighted by atomic mass is 19.1. The van der Waals surface area contributed by atoms with Crippen LogP contribution in [-0.4, -0.2) is 41.1 Å². The molecule has 25 heavy (non-hydrogen) atoms. The summed E-state index contributed by atoms with van der Waals surface area (Å²) >= 11 is 0. The van der Waals surface area contributed by atoms with E-state index >= 15 is 0 Å². The van der Waals surface area contributed by atoms with E-state index < -0.39 is 0 Å². The van der Waals surface area contributed by atoms with E-state index in [1.807, 2.05) is 22.9 Å². The van der Waals surface area contributed by atoms with Gasteiger partial charge in [0, 0.05) is 56.3 Å². The molecular formula is C19H22FN3O2. The number of carbonyl (C=O) groups excluding carboxylic acids is 1. The summed E-state index contributed by atoms with van der Waals surface area (Å²) in [5.74, 6) is -0.324. The summed E-state index contributed by atoms with van der Waals surface area (Å²) in [6.07, 6.45) is 4.01. The molecule has 132 valence electrons. The van der Waals surface area contributed by atoms with Crippen LogP contribution in [0.5, 0.6) is 0 Å². The molecule has 0 spiro atoms. The Morgan fingerprint density at radius 3 is 2.64 bits per heavy atom. The number of benzene rings is 1. The van der Waals surface area contributed by atoms with Crippen molar-refractivity contribution in [2.24, 2.45) is 0 Å². The molecule has 6 heteroatoms. The van der Waals surface area contributed by atoms with Crippen molar-refractivity contribution in [1.29, 1.82) is 0 Å². The van der Waals surface area contributed by atoms with Gasteiger partial charge in [0.05, 0.1) is 11.2 Å². The van der Waals surface area contributed by atoms with E-state index in [2.05, 4.69) is 4.57 Å². The van der Waals surface area contributed by atoms with Crippen molar-refractivity contribution in [3.63, 3.8) is 0 Å². The molecule has 1 aliphatic carbocycles. The molecule has 5 nitrogen and oxygen atoms in total. The van der Waals surface area contributed by atoms with Gasteiger partial charge in [-0.3, -0.25) is 9.59 Å². The van der Waals surface area contributed by atoms with E-state index in [1.54, 1.807) is 13.0 Å². The van der Waals surface area contributed by atoms with Gasteiger partial charge in [-0.25, -0.2) is 4.39 Å². The van der Waals surface area contributed by atoms with Crippen molar-refractivity contribution >= 4 is 22.5 Å². The molecule has 1 unspecified atom stereocenters. The van der Waals surface area contributed by atoms with Gasteiger partial charge in [0.15, 0.2) is 5.43 Å². The van der Waals surface area contributed by atoms with Crippen molar-refractivity contribution in [2.75, 3.05) is 24.5 Å². The zero-order valence-electron chi connectivity index (χ0n) is 14.5. The summed E-state index contributed by atoms with van der Waals surface area (Å²) < 4.78 is 16.8. The lowest BCUT2D eigenvalue weighted by Gasteiger charge is -2.40. The van der Waals surface area contributed by atoms with Crippen LogP contribution in [0.1, 0.15) is 32.7 Å². The predicted octanol–water partition coefficient (Wildman–Crippen LogP) is 2.53. The van der Waals surface area contributed by atoms with E-state index in [9.17, 15) is 14.0 Å². The van der Waals surface area contributed by atoms with Crippen molar-refractivity contribution in [1.82, 2.24) is 9.47 Å². The lowest BCUT2D eigenvalue weighted by molar-refractivity contribution is -0.131. The quantitative estimate of drug-likeness (QED) is 0.842. The van der Waals surface area contributed by atoms with Gasteiger partial charge in [-0.2, -0.15) is 0 Å². The second-order valence-electron chi connectivity index (χ2n) is 7.15. The lowest BCUT2D eigenvalue weighted by atomic mass is 10.1. The first-order valence-electron chi connectivity index (χ1n) is 8.82. The molecule has 0 radical (unpaired) electrons. The Morgan fingerprint density at radius 1 is 1.24 bits per heavy atom. The van der Waals surface area contributed by atoms with Crippen LogP contribution < -0.4 is 10.3 Å². The predicted molar refractivity (Wildman–Crippen MR) is 95.5 cm³/mol. The molecule has 2 aromatic rings.